The van der Waals surface area contributed by atoms with Crippen LogP contribution in [-0.4, -0.2) is 44.9 Å². The lowest BCUT2D eigenvalue weighted by atomic mass is 10.0. The number of nitrogens with one attached hydrogen (secondary N) is 2. The van der Waals surface area contributed by atoms with E-state index in [0.29, 0.717) is 43.2 Å². The Kier molecular flexibility index (Phi) is 6.26. The minimum Gasteiger partial charge on any atom is -0.350 e. The molecule has 2 N–H and O–H groups in total. The van der Waals surface area contributed by atoms with Crippen LogP contribution >= 0.6 is 0 Å². The standard InChI is InChI=1S/C20H25N5O4/c1-3-13(2)11-21-20(27)19-16-12-24(9-8-17(16)22-23-19)18(26)10-14-4-6-15(7-5-14)25(28)29/h4-7,13H,3,8-12H2,1-2H3,(H,21,27)(H,22,23)/t13-/m1/s1. The number of aromatic nitrogens is 2. The van der Waals surface area contributed by atoms with E-state index in [4.69, 9.17) is 0 Å². The number of amides is 2. The zero-order chi connectivity index (χ0) is 21.0. The number of hydrogen-bond acceptors (Lipinski definition) is 5. The molecule has 0 saturated carbocycles. The van der Waals surface area contributed by atoms with E-state index in [1.807, 2.05) is 0 Å². The molecule has 0 spiro atoms. The molecular weight excluding hydrogens is 374 g/mol. The van der Waals surface area contributed by atoms with E-state index in [1.165, 1.54) is 12.1 Å². The second kappa shape index (κ2) is 8.85. The summed E-state index contributed by atoms with van der Waals surface area (Å²) in [5.74, 6) is 0.0672. The van der Waals surface area contributed by atoms with Crippen LogP contribution in [0.5, 0.6) is 0 Å². The van der Waals surface area contributed by atoms with Crippen molar-refractivity contribution in [3.63, 3.8) is 0 Å². The quantitative estimate of drug-likeness (QED) is 0.546. The smallest absolute Gasteiger partial charge is 0.272 e. The number of nitro groups is 1. The fourth-order valence-corrected chi connectivity index (χ4v) is 3.21. The first-order valence-electron chi connectivity index (χ1n) is 9.74. The first kappa shape index (κ1) is 20.5. The van der Waals surface area contributed by atoms with E-state index in [-0.39, 0.29) is 23.9 Å². The van der Waals surface area contributed by atoms with Gasteiger partial charge in [-0.1, -0.05) is 32.4 Å². The van der Waals surface area contributed by atoms with Gasteiger partial charge in [0.15, 0.2) is 5.69 Å². The number of non-ortho nitro benzene ring substituents is 1. The number of aromatic amines is 1. The summed E-state index contributed by atoms with van der Waals surface area (Å²) in [5.41, 5.74) is 2.70. The SMILES string of the molecule is CC[C@@H](C)CNC(=O)c1n[nH]c2c1CN(C(=O)Cc1ccc([N+](=O)[O-])cc1)CC2. The van der Waals surface area contributed by atoms with Crippen molar-refractivity contribution in [2.45, 2.75) is 39.7 Å². The maximum Gasteiger partial charge on any atom is 0.272 e. The van der Waals surface area contributed by atoms with Crippen molar-refractivity contribution in [3.8, 4) is 0 Å². The van der Waals surface area contributed by atoms with Gasteiger partial charge in [-0.05, 0) is 11.5 Å². The molecule has 0 aliphatic carbocycles. The minimum absolute atomic E-state index is 0.00439. The molecule has 29 heavy (non-hydrogen) atoms. The highest BCUT2D eigenvalue weighted by Crippen LogP contribution is 2.22. The van der Waals surface area contributed by atoms with Gasteiger partial charge in [-0.15, -0.1) is 0 Å². The maximum absolute atomic E-state index is 12.7. The lowest BCUT2D eigenvalue weighted by Gasteiger charge is -2.27. The van der Waals surface area contributed by atoms with Gasteiger partial charge in [-0.25, -0.2) is 0 Å². The average molecular weight is 399 g/mol. The van der Waals surface area contributed by atoms with Crippen molar-refractivity contribution in [1.29, 1.82) is 0 Å². The highest BCUT2D eigenvalue weighted by atomic mass is 16.6. The van der Waals surface area contributed by atoms with Crippen LogP contribution in [0.15, 0.2) is 24.3 Å². The average Bonchev–Trinajstić information content (AvgIpc) is 3.15. The Labute approximate surface area is 168 Å². The number of carbonyl (C=O) groups is 2. The molecule has 0 bridgehead atoms. The number of nitrogens with zero attached hydrogens (tertiary/aromatic N) is 3. The van der Waals surface area contributed by atoms with Crippen molar-refractivity contribution in [2.24, 2.45) is 5.92 Å². The van der Waals surface area contributed by atoms with Crippen LogP contribution in [0, 0.1) is 16.0 Å². The largest absolute Gasteiger partial charge is 0.350 e. The van der Waals surface area contributed by atoms with Crippen molar-refractivity contribution < 1.29 is 14.5 Å². The van der Waals surface area contributed by atoms with Gasteiger partial charge < -0.3 is 10.2 Å². The van der Waals surface area contributed by atoms with E-state index in [0.717, 1.165) is 17.7 Å². The number of fused-ring (bicyclic) bond motifs is 1. The molecule has 2 amide bonds. The van der Waals surface area contributed by atoms with Crippen LogP contribution in [0.4, 0.5) is 5.69 Å². The first-order chi connectivity index (χ1) is 13.9. The Morgan fingerprint density at radius 3 is 2.72 bits per heavy atom. The third-order valence-electron chi connectivity index (χ3n) is 5.31. The Balaban J connectivity index is 1.65. The molecule has 1 aromatic heterocycles. The van der Waals surface area contributed by atoms with Crippen LogP contribution in [0.25, 0.3) is 0 Å². The summed E-state index contributed by atoms with van der Waals surface area (Å²) in [6.07, 6.45) is 1.73. The fourth-order valence-electron chi connectivity index (χ4n) is 3.21. The summed E-state index contributed by atoms with van der Waals surface area (Å²) in [7, 11) is 0. The third kappa shape index (κ3) is 4.79. The number of carbonyl (C=O) groups excluding carboxylic acids is 2. The number of hydrogen-bond donors (Lipinski definition) is 2. The van der Waals surface area contributed by atoms with E-state index in [9.17, 15) is 19.7 Å². The molecule has 0 fully saturated rings. The lowest BCUT2D eigenvalue weighted by Crippen LogP contribution is -2.38. The van der Waals surface area contributed by atoms with Crippen molar-refractivity contribution in [2.75, 3.05) is 13.1 Å². The van der Waals surface area contributed by atoms with Gasteiger partial charge in [0, 0.05) is 49.4 Å². The van der Waals surface area contributed by atoms with Gasteiger partial charge in [0.1, 0.15) is 0 Å². The molecule has 9 heteroatoms. The summed E-state index contributed by atoms with van der Waals surface area (Å²) in [4.78, 5) is 37.2. The Morgan fingerprint density at radius 2 is 2.07 bits per heavy atom. The van der Waals surface area contributed by atoms with E-state index in [2.05, 4.69) is 29.4 Å². The Hall–Kier alpha value is -3.23. The van der Waals surface area contributed by atoms with Crippen molar-refractivity contribution in [3.05, 3.63) is 56.9 Å². The van der Waals surface area contributed by atoms with Crippen LogP contribution in [0.3, 0.4) is 0 Å². The molecule has 2 aromatic rings. The predicted octanol–water partition coefficient (Wildman–Crippen LogP) is 2.22. The molecule has 0 radical (unpaired) electrons. The van der Waals surface area contributed by atoms with Crippen LogP contribution in [-0.2, 0) is 24.2 Å². The molecule has 9 nitrogen and oxygen atoms in total. The van der Waals surface area contributed by atoms with Gasteiger partial charge in [0.2, 0.25) is 5.91 Å². The van der Waals surface area contributed by atoms with Crippen molar-refractivity contribution in [1.82, 2.24) is 20.4 Å². The van der Waals surface area contributed by atoms with Crippen LogP contribution in [0.2, 0.25) is 0 Å². The highest BCUT2D eigenvalue weighted by Gasteiger charge is 2.27. The second-order valence-corrected chi connectivity index (χ2v) is 7.42. The zero-order valence-electron chi connectivity index (χ0n) is 16.6. The zero-order valence-corrected chi connectivity index (χ0v) is 16.6. The predicted molar refractivity (Wildman–Crippen MR) is 106 cm³/mol. The molecule has 1 aromatic carbocycles. The lowest BCUT2D eigenvalue weighted by molar-refractivity contribution is -0.384. The van der Waals surface area contributed by atoms with E-state index >= 15 is 0 Å². The molecule has 0 unspecified atom stereocenters. The molecule has 154 valence electrons. The maximum atomic E-state index is 12.7. The molecule has 2 heterocycles. The monoisotopic (exact) mass is 399 g/mol. The number of rotatable bonds is 7. The number of H-pyrrole nitrogens is 1. The molecule has 1 atom stereocenters. The van der Waals surface area contributed by atoms with Crippen molar-refractivity contribution >= 4 is 17.5 Å². The summed E-state index contributed by atoms with van der Waals surface area (Å²) in [6, 6.07) is 5.98. The summed E-state index contributed by atoms with van der Waals surface area (Å²) < 4.78 is 0. The third-order valence-corrected chi connectivity index (χ3v) is 5.31. The van der Waals surface area contributed by atoms with Crippen LogP contribution < -0.4 is 5.32 Å². The molecule has 1 aliphatic rings. The molecule has 0 saturated heterocycles. The normalized spacial score (nSPS) is 14.2. The topological polar surface area (TPSA) is 121 Å². The second-order valence-electron chi connectivity index (χ2n) is 7.42. The highest BCUT2D eigenvalue weighted by molar-refractivity contribution is 5.94. The van der Waals surface area contributed by atoms with Crippen LogP contribution in [0.1, 0.15) is 47.6 Å². The summed E-state index contributed by atoms with van der Waals surface area (Å²) >= 11 is 0. The van der Waals surface area contributed by atoms with Gasteiger partial charge in [-0.3, -0.25) is 24.8 Å². The summed E-state index contributed by atoms with van der Waals surface area (Å²) in [6.45, 7) is 5.58. The Bertz CT molecular complexity index is 906. The molecular formula is C20H25N5O4. The summed E-state index contributed by atoms with van der Waals surface area (Å²) in [5, 5.41) is 20.7. The van der Waals surface area contributed by atoms with E-state index < -0.39 is 4.92 Å². The van der Waals surface area contributed by atoms with Gasteiger partial charge in [0.25, 0.3) is 11.6 Å². The minimum atomic E-state index is -0.468. The fraction of sp³-hybridized carbons (Fsp3) is 0.450. The van der Waals surface area contributed by atoms with Gasteiger partial charge in [0.05, 0.1) is 11.3 Å². The molecule has 1 aliphatic heterocycles. The van der Waals surface area contributed by atoms with Gasteiger partial charge >= 0.3 is 0 Å². The number of benzene rings is 1. The molecule has 3 rings (SSSR count). The number of nitro benzene ring substituents is 1. The van der Waals surface area contributed by atoms with E-state index in [1.54, 1.807) is 17.0 Å². The first-order valence-corrected chi connectivity index (χ1v) is 9.74. The Morgan fingerprint density at radius 1 is 1.34 bits per heavy atom. The van der Waals surface area contributed by atoms with Gasteiger partial charge in [-0.2, -0.15) is 5.10 Å².